The number of halogens is 2. The van der Waals surface area contributed by atoms with E-state index in [4.69, 9.17) is 32.7 Å². The van der Waals surface area contributed by atoms with Crippen LogP contribution in [0, 0.1) is 0 Å². The van der Waals surface area contributed by atoms with Crippen LogP contribution in [0.1, 0.15) is 25.3 Å². The molecule has 0 atom stereocenters. The molecule has 0 aliphatic rings. The Balaban J connectivity index is 1.91. The maximum Gasteiger partial charge on any atom is 0.163 e. The number of aromatic nitrogens is 2. The second kappa shape index (κ2) is 11.6. The molecule has 0 saturated carbocycles. The Hall–Kier alpha value is -2.50. The van der Waals surface area contributed by atoms with E-state index < -0.39 is 0 Å². The van der Waals surface area contributed by atoms with Crippen LogP contribution < -0.4 is 14.8 Å². The molecule has 158 valence electrons. The van der Waals surface area contributed by atoms with Gasteiger partial charge in [-0.3, -0.25) is 0 Å². The average Bonchev–Trinajstić information content (AvgIpc) is 2.76. The van der Waals surface area contributed by atoms with Crippen LogP contribution in [0.3, 0.4) is 0 Å². The number of anilines is 2. The highest BCUT2D eigenvalue weighted by Gasteiger charge is 2.13. The first-order valence-electron chi connectivity index (χ1n) is 9.91. The lowest BCUT2D eigenvalue weighted by Gasteiger charge is -2.15. The van der Waals surface area contributed by atoms with Gasteiger partial charge in [0, 0.05) is 28.9 Å². The molecule has 7 heteroatoms. The summed E-state index contributed by atoms with van der Waals surface area (Å²) in [5.41, 5.74) is 2.85. The van der Waals surface area contributed by atoms with Gasteiger partial charge in [-0.15, -0.1) is 23.2 Å². The lowest BCUT2D eigenvalue weighted by atomic mass is 10.1. The van der Waals surface area contributed by atoms with Gasteiger partial charge in [0.25, 0.3) is 0 Å². The van der Waals surface area contributed by atoms with Crippen LogP contribution in [0.15, 0.2) is 48.8 Å². The van der Waals surface area contributed by atoms with Gasteiger partial charge in [0.2, 0.25) is 0 Å². The van der Waals surface area contributed by atoms with Crippen molar-refractivity contribution in [2.45, 2.75) is 19.8 Å². The van der Waals surface area contributed by atoms with Crippen LogP contribution in [0.2, 0.25) is 0 Å². The zero-order valence-electron chi connectivity index (χ0n) is 16.9. The average molecular weight is 446 g/mol. The van der Waals surface area contributed by atoms with Crippen molar-refractivity contribution in [3.63, 3.8) is 0 Å². The number of hydrogen-bond acceptors (Lipinski definition) is 5. The van der Waals surface area contributed by atoms with E-state index in [1.54, 1.807) is 0 Å². The predicted molar refractivity (Wildman–Crippen MR) is 126 cm³/mol. The van der Waals surface area contributed by atoms with Gasteiger partial charge in [-0.25, -0.2) is 9.97 Å². The van der Waals surface area contributed by atoms with Gasteiger partial charge in [0.1, 0.15) is 12.1 Å². The Morgan fingerprint density at radius 2 is 1.60 bits per heavy atom. The first kappa shape index (κ1) is 22.2. The highest BCUT2D eigenvalue weighted by atomic mass is 35.5. The summed E-state index contributed by atoms with van der Waals surface area (Å²) in [5.74, 6) is 3.06. The SMILES string of the molecule is C/C=C/c1ccc(Nc2ncnc3cc(OCCCCl)c(OCCCCl)cc23)cc1. The molecule has 1 N–H and O–H groups in total. The monoisotopic (exact) mass is 445 g/mol. The number of fused-ring (bicyclic) bond motifs is 1. The molecule has 1 aromatic heterocycles. The zero-order chi connectivity index (χ0) is 21.2. The molecule has 0 spiro atoms. The van der Waals surface area contributed by atoms with Crippen molar-refractivity contribution in [3.05, 3.63) is 54.4 Å². The molecule has 3 aromatic rings. The minimum Gasteiger partial charge on any atom is -0.490 e. The van der Waals surface area contributed by atoms with Gasteiger partial charge in [-0.2, -0.15) is 0 Å². The summed E-state index contributed by atoms with van der Waals surface area (Å²) in [6, 6.07) is 11.9. The summed E-state index contributed by atoms with van der Waals surface area (Å²) < 4.78 is 11.8. The van der Waals surface area contributed by atoms with Crippen molar-refractivity contribution in [1.29, 1.82) is 0 Å². The Kier molecular flexibility index (Phi) is 8.60. The molecule has 0 saturated heterocycles. The van der Waals surface area contributed by atoms with Crippen molar-refractivity contribution in [2.24, 2.45) is 0 Å². The lowest BCUT2D eigenvalue weighted by Crippen LogP contribution is -2.04. The molecule has 3 rings (SSSR count). The first-order valence-corrected chi connectivity index (χ1v) is 11.0. The van der Waals surface area contributed by atoms with Crippen molar-refractivity contribution in [1.82, 2.24) is 9.97 Å². The van der Waals surface area contributed by atoms with Crippen molar-refractivity contribution >= 4 is 51.7 Å². The Bertz CT molecular complexity index is 978. The Morgan fingerprint density at radius 3 is 2.23 bits per heavy atom. The fourth-order valence-corrected chi connectivity index (χ4v) is 3.09. The van der Waals surface area contributed by atoms with Crippen LogP contribution in [0.4, 0.5) is 11.5 Å². The third kappa shape index (κ3) is 6.00. The van der Waals surface area contributed by atoms with Crippen LogP contribution in [-0.4, -0.2) is 34.9 Å². The zero-order valence-corrected chi connectivity index (χ0v) is 18.4. The third-order valence-electron chi connectivity index (χ3n) is 4.30. The molecule has 0 radical (unpaired) electrons. The molecular weight excluding hydrogens is 421 g/mol. The molecular formula is C23H25Cl2N3O2. The molecule has 1 heterocycles. The first-order chi connectivity index (χ1) is 14.7. The van der Waals surface area contributed by atoms with E-state index in [-0.39, 0.29) is 0 Å². The predicted octanol–water partition coefficient (Wildman–Crippen LogP) is 6.42. The minimum absolute atomic E-state index is 0.504. The summed E-state index contributed by atoms with van der Waals surface area (Å²) in [4.78, 5) is 8.84. The molecule has 30 heavy (non-hydrogen) atoms. The summed E-state index contributed by atoms with van der Waals surface area (Å²) in [6.07, 6.45) is 7.10. The molecule has 0 aliphatic heterocycles. The third-order valence-corrected chi connectivity index (χ3v) is 4.84. The summed E-state index contributed by atoms with van der Waals surface area (Å²) in [6.45, 7) is 3.01. The van der Waals surface area contributed by atoms with Crippen LogP contribution in [0.5, 0.6) is 11.5 Å². The highest BCUT2D eigenvalue weighted by molar-refractivity contribution is 6.18. The number of benzene rings is 2. The molecule has 0 unspecified atom stereocenters. The Morgan fingerprint density at radius 1 is 0.933 bits per heavy atom. The second-order valence-electron chi connectivity index (χ2n) is 6.57. The fourth-order valence-electron chi connectivity index (χ4n) is 2.87. The van der Waals surface area contributed by atoms with E-state index in [1.807, 2.05) is 37.3 Å². The van der Waals surface area contributed by atoms with Crippen molar-refractivity contribution in [3.8, 4) is 11.5 Å². The molecule has 5 nitrogen and oxygen atoms in total. The normalized spacial score (nSPS) is 11.2. The molecule has 0 bridgehead atoms. The van der Waals surface area contributed by atoms with Crippen LogP contribution >= 0.6 is 23.2 Å². The molecule has 2 aromatic carbocycles. The van der Waals surface area contributed by atoms with Crippen molar-refractivity contribution < 1.29 is 9.47 Å². The van der Waals surface area contributed by atoms with E-state index in [9.17, 15) is 0 Å². The number of hydrogen-bond donors (Lipinski definition) is 1. The van der Waals surface area contributed by atoms with Gasteiger partial charge in [-0.05, 0) is 43.5 Å². The summed E-state index contributed by atoms with van der Waals surface area (Å²) in [7, 11) is 0. The molecule has 0 amide bonds. The largest absolute Gasteiger partial charge is 0.490 e. The smallest absolute Gasteiger partial charge is 0.163 e. The van der Waals surface area contributed by atoms with Gasteiger partial charge in [0.05, 0.1) is 18.7 Å². The molecule has 0 aliphatic carbocycles. The maximum atomic E-state index is 5.93. The van der Waals surface area contributed by atoms with E-state index in [0.717, 1.165) is 35.0 Å². The quantitative estimate of drug-likeness (QED) is 0.272. The number of allylic oxidation sites excluding steroid dienone is 1. The van der Waals surface area contributed by atoms with Gasteiger partial charge < -0.3 is 14.8 Å². The number of nitrogens with zero attached hydrogens (tertiary/aromatic N) is 2. The number of nitrogens with one attached hydrogen (secondary N) is 1. The topological polar surface area (TPSA) is 56.3 Å². The summed E-state index contributed by atoms with van der Waals surface area (Å²) >= 11 is 11.6. The van der Waals surface area contributed by atoms with E-state index in [0.29, 0.717) is 42.3 Å². The van der Waals surface area contributed by atoms with Gasteiger partial charge in [-0.1, -0.05) is 24.3 Å². The van der Waals surface area contributed by atoms with E-state index in [2.05, 4.69) is 33.5 Å². The summed E-state index contributed by atoms with van der Waals surface area (Å²) in [5, 5.41) is 4.22. The number of rotatable bonds is 11. The number of alkyl halides is 2. The van der Waals surface area contributed by atoms with Crippen LogP contribution in [-0.2, 0) is 0 Å². The van der Waals surface area contributed by atoms with Crippen LogP contribution in [0.25, 0.3) is 17.0 Å². The maximum absolute atomic E-state index is 5.93. The number of ether oxygens (including phenoxy) is 2. The van der Waals surface area contributed by atoms with Crippen molar-refractivity contribution in [2.75, 3.05) is 30.3 Å². The fraction of sp³-hybridized carbons (Fsp3) is 0.304. The molecule has 0 fully saturated rings. The van der Waals surface area contributed by atoms with E-state index >= 15 is 0 Å². The standard InChI is InChI=1S/C23H25Cl2N3O2/c1-2-5-17-6-8-18(9-7-17)28-23-19-14-21(29-12-3-10-24)22(30-13-4-11-25)15-20(19)26-16-27-23/h2,5-9,14-16H,3-4,10-13H2,1H3,(H,26,27,28)/b5-2+. The highest BCUT2D eigenvalue weighted by Crippen LogP contribution is 2.35. The van der Waals surface area contributed by atoms with Gasteiger partial charge in [0.15, 0.2) is 11.5 Å². The van der Waals surface area contributed by atoms with E-state index in [1.165, 1.54) is 6.33 Å². The minimum atomic E-state index is 0.504. The lowest BCUT2D eigenvalue weighted by molar-refractivity contribution is 0.269. The Labute approximate surface area is 187 Å². The van der Waals surface area contributed by atoms with Gasteiger partial charge >= 0.3 is 0 Å². The second-order valence-corrected chi connectivity index (χ2v) is 7.32.